The number of halogens is 2. The normalized spacial score (nSPS) is 18.8. The van der Waals surface area contributed by atoms with Gasteiger partial charge in [-0.15, -0.1) is 11.3 Å². The van der Waals surface area contributed by atoms with Crippen LogP contribution in [0.25, 0.3) is 0 Å². The summed E-state index contributed by atoms with van der Waals surface area (Å²) in [4.78, 5) is 14.3. The van der Waals surface area contributed by atoms with Crippen LogP contribution in [0.5, 0.6) is 0 Å². The van der Waals surface area contributed by atoms with Gasteiger partial charge in [-0.05, 0) is 37.9 Å². The highest BCUT2D eigenvalue weighted by molar-refractivity contribution is 9.13. The van der Waals surface area contributed by atoms with Crippen molar-refractivity contribution >= 4 is 49.2 Å². The molecule has 0 aromatic carbocycles. The van der Waals surface area contributed by atoms with Crippen LogP contribution in [0.3, 0.4) is 0 Å². The number of rotatable bonds is 4. The first-order chi connectivity index (χ1) is 8.58. The van der Waals surface area contributed by atoms with Crippen LogP contribution in [-0.4, -0.2) is 42.3 Å². The van der Waals surface area contributed by atoms with Crippen LogP contribution >= 0.6 is 43.2 Å². The van der Waals surface area contributed by atoms with Crippen LogP contribution in [0.4, 0.5) is 0 Å². The second-order valence-electron chi connectivity index (χ2n) is 4.03. The van der Waals surface area contributed by atoms with Gasteiger partial charge in [0.15, 0.2) is 0 Å². The van der Waals surface area contributed by atoms with Crippen LogP contribution in [-0.2, 0) is 9.53 Å². The van der Waals surface area contributed by atoms with Gasteiger partial charge in [0, 0.05) is 22.4 Å². The maximum atomic E-state index is 11.0. The number of carboxylic acid groups (broad SMARTS) is 1. The summed E-state index contributed by atoms with van der Waals surface area (Å²) in [6, 6.07) is 1.93. The maximum absolute atomic E-state index is 11.0. The third-order valence-electron chi connectivity index (χ3n) is 2.85. The van der Waals surface area contributed by atoms with E-state index >= 15 is 0 Å². The topological polar surface area (TPSA) is 49.8 Å². The molecule has 2 rings (SSSR count). The molecule has 1 fully saturated rings. The number of ether oxygens (including phenoxy) is 1. The van der Waals surface area contributed by atoms with E-state index in [-0.39, 0.29) is 12.5 Å². The van der Waals surface area contributed by atoms with Gasteiger partial charge in [0.1, 0.15) is 0 Å². The van der Waals surface area contributed by atoms with Crippen molar-refractivity contribution in [3.63, 3.8) is 0 Å². The average Bonchev–Trinajstić information content (AvgIpc) is 2.67. The summed E-state index contributed by atoms with van der Waals surface area (Å²) in [5.41, 5.74) is 0. The molecular formula is C11H13Br2NO3S. The van der Waals surface area contributed by atoms with E-state index in [4.69, 9.17) is 9.84 Å². The van der Waals surface area contributed by atoms with Gasteiger partial charge in [-0.1, -0.05) is 0 Å². The Morgan fingerprint density at radius 3 is 2.67 bits per heavy atom. The number of nitrogens with zero attached hydrogens (tertiary/aromatic N) is 1. The molecule has 0 saturated carbocycles. The molecule has 0 aliphatic carbocycles. The summed E-state index contributed by atoms with van der Waals surface area (Å²) in [6.45, 7) is 2.91. The standard InChI is InChI=1S/C11H13Br2NO3S/c12-7-5-9(18-11(7)13)8(6-10(15)16)14-1-3-17-4-2-14/h5,8H,1-4,6H2,(H,15,16). The fourth-order valence-electron chi connectivity index (χ4n) is 1.99. The molecule has 1 aromatic heterocycles. The molecule has 100 valence electrons. The van der Waals surface area contributed by atoms with Crippen molar-refractivity contribution in [2.24, 2.45) is 0 Å². The van der Waals surface area contributed by atoms with Gasteiger partial charge in [-0.2, -0.15) is 0 Å². The summed E-state index contributed by atoms with van der Waals surface area (Å²) in [6.07, 6.45) is 0.124. The quantitative estimate of drug-likeness (QED) is 0.846. The van der Waals surface area contributed by atoms with E-state index in [9.17, 15) is 4.79 Å². The summed E-state index contributed by atoms with van der Waals surface area (Å²) in [7, 11) is 0. The monoisotopic (exact) mass is 397 g/mol. The molecule has 0 spiro atoms. The Labute approximate surface area is 126 Å². The van der Waals surface area contributed by atoms with Gasteiger partial charge in [0.2, 0.25) is 0 Å². The van der Waals surface area contributed by atoms with Gasteiger partial charge in [0.25, 0.3) is 0 Å². The number of hydrogen-bond donors (Lipinski definition) is 1. The van der Waals surface area contributed by atoms with Gasteiger partial charge in [0.05, 0.1) is 29.5 Å². The molecule has 1 unspecified atom stereocenters. The van der Waals surface area contributed by atoms with Gasteiger partial charge in [-0.3, -0.25) is 9.69 Å². The second-order valence-corrected chi connectivity index (χ2v) is 7.29. The van der Waals surface area contributed by atoms with E-state index in [0.29, 0.717) is 13.2 Å². The van der Waals surface area contributed by atoms with Crippen molar-refractivity contribution in [1.82, 2.24) is 4.90 Å². The Balaban J connectivity index is 2.20. The molecule has 2 heterocycles. The summed E-state index contributed by atoms with van der Waals surface area (Å²) >= 11 is 8.49. The molecule has 1 aliphatic heterocycles. The molecule has 0 radical (unpaired) electrons. The van der Waals surface area contributed by atoms with E-state index in [2.05, 4.69) is 36.8 Å². The number of carbonyl (C=O) groups is 1. The number of morpholine rings is 1. The predicted octanol–water partition coefficient (Wildman–Crippen LogP) is 3.12. The lowest BCUT2D eigenvalue weighted by atomic mass is 10.1. The lowest BCUT2D eigenvalue weighted by Crippen LogP contribution is -2.39. The first-order valence-corrected chi connectivity index (χ1v) is 7.96. The average molecular weight is 399 g/mol. The summed E-state index contributed by atoms with van der Waals surface area (Å²) in [5, 5.41) is 9.08. The first-order valence-electron chi connectivity index (χ1n) is 5.56. The minimum Gasteiger partial charge on any atom is -0.481 e. The van der Waals surface area contributed by atoms with E-state index in [1.807, 2.05) is 6.07 Å². The molecule has 1 N–H and O–H groups in total. The van der Waals surface area contributed by atoms with Crippen LogP contribution in [0, 0.1) is 0 Å². The zero-order chi connectivity index (χ0) is 13.1. The van der Waals surface area contributed by atoms with Crippen LogP contribution in [0.1, 0.15) is 17.3 Å². The van der Waals surface area contributed by atoms with Gasteiger partial charge >= 0.3 is 5.97 Å². The number of hydrogen-bond acceptors (Lipinski definition) is 4. The zero-order valence-electron chi connectivity index (χ0n) is 9.57. The van der Waals surface area contributed by atoms with Gasteiger partial charge in [-0.25, -0.2) is 0 Å². The smallest absolute Gasteiger partial charge is 0.305 e. The first kappa shape index (κ1) is 14.5. The fourth-order valence-corrected chi connectivity index (χ4v) is 4.22. The summed E-state index contributed by atoms with van der Waals surface area (Å²) < 4.78 is 7.29. The highest BCUT2D eigenvalue weighted by Crippen LogP contribution is 2.38. The van der Waals surface area contributed by atoms with Crippen LogP contribution in [0.15, 0.2) is 14.3 Å². The van der Waals surface area contributed by atoms with Crippen molar-refractivity contribution in [1.29, 1.82) is 0 Å². The molecule has 0 bridgehead atoms. The minimum atomic E-state index is -0.771. The van der Waals surface area contributed by atoms with E-state index < -0.39 is 5.97 Å². The zero-order valence-corrected chi connectivity index (χ0v) is 13.6. The highest BCUT2D eigenvalue weighted by Gasteiger charge is 2.26. The SMILES string of the molecule is O=C(O)CC(c1cc(Br)c(Br)s1)N1CCOCC1. The van der Waals surface area contributed by atoms with Crippen molar-refractivity contribution in [3.8, 4) is 0 Å². The third kappa shape index (κ3) is 3.54. The number of aliphatic carboxylic acids is 1. The largest absolute Gasteiger partial charge is 0.481 e. The van der Waals surface area contributed by atoms with E-state index in [0.717, 1.165) is 26.2 Å². The summed E-state index contributed by atoms with van der Waals surface area (Å²) in [5.74, 6) is -0.771. The molecule has 1 saturated heterocycles. The Kier molecular flexibility index (Phi) is 5.20. The van der Waals surface area contributed by atoms with Crippen molar-refractivity contribution < 1.29 is 14.6 Å². The molecule has 4 nitrogen and oxygen atoms in total. The molecule has 1 atom stereocenters. The maximum Gasteiger partial charge on any atom is 0.305 e. The number of carboxylic acids is 1. The van der Waals surface area contributed by atoms with E-state index in [1.165, 1.54) is 0 Å². The molecular weight excluding hydrogens is 386 g/mol. The molecule has 1 aliphatic rings. The lowest BCUT2D eigenvalue weighted by Gasteiger charge is -2.33. The Hall–Kier alpha value is 0.0500. The fraction of sp³-hybridized carbons (Fsp3) is 0.545. The Morgan fingerprint density at radius 2 is 2.17 bits per heavy atom. The molecule has 7 heteroatoms. The molecule has 1 aromatic rings. The second kappa shape index (κ2) is 6.47. The van der Waals surface area contributed by atoms with Crippen molar-refractivity contribution in [2.75, 3.05) is 26.3 Å². The third-order valence-corrected chi connectivity index (χ3v) is 6.20. The Bertz CT molecular complexity index is 412. The van der Waals surface area contributed by atoms with Crippen molar-refractivity contribution in [3.05, 3.63) is 19.2 Å². The van der Waals surface area contributed by atoms with Crippen LogP contribution in [0.2, 0.25) is 0 Å². The minimum absolute atomic E-state index is 0.0704. The van der Waals surface area contributed by atoms with Crippen molar-refractivity contribution in [2.45, 2.75) is 12.5 Å². The lowest BCUT2D eigenvalue weighted by molar-refractivity contribution is -0.139. The number of thiophene rings is 1. The van der Waals surface area contributed by atoms with Crippen LogP contribution < -0.4 is 0 Å². The van der Waals surface area contributed by atoms with Gasteiger partial charge < -0.3 is 9.84 Å². The highest BCUT2D eigenvalue weighted by atomic mass is 79.9. The van der Waals surface area contributed by atoms with E-state index in [1.54, 1.807) is 11.3 Å². The molecule has 0 amide bonds. The predicted molar refractivity (Wildman–Crippen MR) is 77.1 cm³/mol. The molecule has 18 heavy (non-hydrogen) atoms. The Morgan fingerprint density at radius 1 is 1.50 bits per heavy atom.